The van der Waals surface area contributed by atoms with Gasteiger partial charge >= 0.3 is 0 Å². The summed E-state index contributed by atoms with van der Waals surface area (Å²) in [5.41, 5.74) is 0.818. The molecule has 1 aromatic carbocycles. The number of nitriles is 1. The number of methoxy groups -OCH3 is 1. The van der Waals surface area contributed by atoms with Crippen molar-refractivity contribution in [3.8, 4) is 11.8 Å². The van der Waals surface area contributed by atoms with E-state index in [1.165, 1.54) is 0 Å². The van der Waals surface area contributed by atoms with Gasteiger partial charge in [-0.3, -0.25) is 4.79 Å². The molecule has 1 saturated heterocycles. The van der Waals surface area contributed by atoms with Crippen molar-refractivity contribution in [2.45, 2.75) is 25.0 Å². The average molecular weight is 304 g/mol. The van der Waals surface area contributed by atoms with Crippen molar-refractivity contribution in [1.82, 2.24) is 4.90 Å². The molecule has 22 heavy (non-hydrogen) atoms. The first-order valence-electron chi connectivity index (χ1n) is 7.19. The molecule has 2 rings (SSSR count). The van der Waals surface area contributed by atoms with E-state index in [-0.39, 0.29) is 37.7 Å². The van der Waals surface area contributed by atoms with Gasteiger partial charge in [0.15, 0.2) is 6.61 Å². The van der Waals surface area contributed by atoms with E-state index in [0.717, 1.165) is 5.56 Å². The van der Waals surface area contributed by atoms with Gasteiger partial charge in [-0.2, -0.15) is 5.26 Å². The zero-order valence-electron chi connectivity index (χ0n) is 12.6. The third-order valence-corrected chi connectivity index (χ3v) is 3.80. The van der Waals surface area contributed by atoms with E-state index in [4.69, 9.17) is 14.7 Å². The summed E-state index contributed by atoms with van der Waals surface area (Å²) in [5.74, 6) is 0.526. The second-order valence-electron chi connectivity index (χ2n) is 5.25. The molecule has 0 radical (unpaired) electrons. The van der Waals surface area contributed by atoms with Crippen LogP contribution in [-0.2, 0) is 16.0 Å². The molecule has 0 aliphatic carbocycles. The van der Waals surface area contributed by atoms with Crippen LogP contribution in [0.25, 0.3) is 0 Å². The van der Waals surface area contributed by atoms with Gasteiger partial charge in [-0.15, -0.1) is 0 Å². The second kappa shape index (κ2) is 7.78. The van der Waals surface area contributed by atoms with Crippen molar-refractivity contribution in [2.24, 2.45) is 0 Å². The van der Waals surface area contributed by atoms with Crippen LogP contribution in [0.15, 0.2) is 24.3 Å². The third kappa shape index (κ3) is 3.97. The molecular formula is C16H20N2O4. The predicted octanol–water partition coefficient (Wildman–Crippen LogP) is 0.740. The van der Waals surface area contributed by atoms with Crippen molar-refractivity contribution in [1.29, 1.82) is 5.26 Å². The topological polar surface area (TPSA) is 82.8 Å². The number of likely N-dealkylation sites (tertiary alicyclic amines) is 1. The first kappa shape index (κ1) is 16.3. The zero-order valence-corrected chi connectivity index (χ0v) is 12.6. The van der Waals surface area contributed by atoms with Crippen LogP contribution < -0.4 is 4.74 Å². The van der Waals surface area contributed by atoms with Gasteiger partial charge in [-0.25, -0.2) is 0 Å². The molecule has 1 heterocycles. The minimum absolute atomic E-state index is 0.0219. The van der Waals surface area contributed by atoms with Crippen LogP contribution in [0.3, 0.4) is 0 Å². The fourth-order valence-corrected chi connectivity index (χ4v) is 2.66. The minimum Gasteiger partial charge on any atom is -0.479 e. The minimum atomic E-state index is -0.185. The van der Waals surface area contributed by atoms with Crippen molar-refractivity contribution in [2.75, 3.05) is 26.9 Å². The highest BCUT2D eigenvalue weighted by atomic mass is 16.5. The number of carbonyl (C=O) groups excluding carboxylic acids is 1. The van der Waals surface area contributed by atoms with Crippen molar-refractivity contribution in [3.05, 3.63) is 29.8 Å². The maximum Gasteiger partial charge on any atom is 0.227 e. The molecular weight excluding hydrogens is 284 g/mol. The number of carbonyl (C=O) groups is 1. The summed E-state index contributed by atoms with van der Waals surface area (Å²) < 4.78 is 10.5. The van der Waals surface area contributed by atoms with Crippen LogP contribution >= 0.6 is 0 Å². The highest BCUT2D eigenvalue weighted by molar-refractivity contribution is 5.79. The van der Waals surface area contributed by atoms with Crippen molar-refractivity contribution < 1.29 is 19.4 Å². The number of aliphatic hydroxyl groups excluding tert-OH is 1. The van der Waals surface area contributed by atoms with Crippen LogP contribution in [0.5, 0.6) is 5.75 Å². The maximum atomic E-state index is 12.4. The normalized spacial score (nSPS) is 20.7. The molecule has 1 aliphatic heterocycles. The smallest absolute Gasteiger partial charge is 0.227 e. The lowest BCUT2D eigenvalue weighted by molar-refractivity contribution is -0.132. The van der Waals surface area contributed by atoms with Gasteiger partial charge in [0.05, 0.1) is 25.2 Å². The molecule has 0 unspecified atom stereocenters. The molecule has 118 valence electrons. The van der Waals surface area contributed by atoms with Crippen LogP contribution in [0.4, 0.5) is 0 Å². The largest absolute Gasteiger partial charge is 0.479 e. The maximum absolute atomic E-state index is 12.4. The number of amides is 1. The number of benzene rings is 1. The predicted molar refractivity (Wildman–Crippen MR) is 79.3 cm³/mol. The van der Waals surface area contributed by atoms with Crippen molar-refractivity contribution in [3.63, 3.8) is 0 Å². The molecule has 1 fully saturated rings. The lowest BCUT2D eigenvalue weighted by atomic mass is 10.1. The Hall–Kier alpha value is -2.10. The molecule has 0 saturated carbocycles. The fourth-order valence-electron chi connectivity index (χ4n) is 2.66. The van der Waals surface area contributed by atoms with Gasteiger partial charge in [-0.05, 0) is 24.1 Å². The molecule has 6 nitrogen and oxygen atoms in total. The third-order valence-electron chi connectivity index (χ3n) is 3.80. The molecule has 0 spiro atoms. The Morgan fingerprint density at radius 3 is 3.05 bits per heavy atom. The van der Waals surface area contributed by atoms with E-state index in [1.54, 1.807) is 30.2 Å². The fraction of sp³-hybridized carbons (Fsp3) is 0.500. The van der Waals surface area contributed by atoms with Crippen LogP contribution in [0.2, 0.25) is 0 Å². The number of aliphatic hydroxyl groups is 1. The molecule has 0 bridgehead atoms. The van der Waals surface area contributed by atoms with Gasteiger partial charge in [-0.1, -0.05) is 12.1 Å². The number of hydrogen-bond donors (Lipinski definition) is 1. The van der Waals surface area contributed by atoms with E-state index in [1.807, 2.05) is 12.1 Å². The lowest BCUT2D eigenvalue weighted by Crippen LogP contribution is -2.39. The summed E-state index contributed by atoms with van der Waals surface area (Å²) in [6, 6.07) is 8.86. The van der Waals surface area contributed by atoms with Crippen LogP contribution in [-0.4, -0.2) is 54.9 Å². The van der Waals surface area contributed by atoms with Gasteiger partial charge in [0.1, 0.15) is 11.8 Å². The van der Waals surface area contributed by atoms with Gasteiger partial charge in [0, 0.05) is 13.7 Å². The highest BCUT2D eigenvalue weighted by Crippen LogP contribution is 2.21. The Balaban J connectivity index is 2.01. The molecule has 1 aliphatic rings. The summed E-state index contributed by atoms with van der Waals surface area (Å²) in [4.78, 5) is 14.1. The van der Waals surface area contributed by atoms with Crippen molar-refractivity contribution >= 4 is 5.91 Å². The molecule has 6 heteroatoms. The zero-order chi connectivity index (χ0) is 15.9. The Morgan fingerprint density at radius 2 is 2.36 bits per heavy atom. The lowest BCUT2D eigenvalue weighted by Gasteiger charge is -2.22. The van der Waals surface area contributed by atoms with Crippen LogP contribution in [0, 0.1) is 11.3 Å². The summed E-state index contributed by atoms with van der Waals surface area (Å²) in [5, 5.41) is 17.9. The summed E-state index contributed by atoms with van der Waals surface area (Å²) >= 11 is 0. The summed E-state index contributed by atoms with van der Waals surface area (Å²) in [7, 11) is 1.61. The Morgan fingerprint density at radius 1 is 1.55 bits per heavy atom. The van der Waals surface area contributed by atoms with E-state index < -0.39 is 0 Å². The molecule has 2 atom stereocenters. The molecule has 0 aromatic heterocycles. The molecule has 1 amide bonds. The number of hydrogen-bond acceptors (Lipinski definition) is 5. The van der Waals surface area contributed by atoms with E-state index in [0.29, 0.717) is 18.7 Å². The Bertz CT molecular complexity index is 555. The number of rotatable bonds is 6. The van der Waals surface area contributed by atoms with Crippen LogP contribution in [0.1, 0.15) is 12.0 Å². The van der Waals surface area contributed by atoms with E-state index in [9.17, 15) is 9.90 Å². The number of ether oxygens (including phenoxy) is 2. The monoisotopic (exact) mass is 304 g/mol. The van der Waals surface area contributed by atoms with Gasteiger partial charge in [0.2, 0.25) is 5.91 Å². The molecule has 1 N–H and O–H groups in total. The second-order valence-corrected chi connectivity index (χ2v) is 5.25. The first-order chi connectivity index (χ1) is 10.7. The first-order valence-corrected chi connectivity index (χ1v) is 7.19. The SMILES string of the molecule is CO[C@@H]1C[C@@H](CO)N(C(=O)Cc2cccc(OCC#N)c2)C1. The summed E-state index contributed by atoms with van der Waals surface area (Å²) in [6.07, 6.45) is 0.868. The average Bonchev–Trinajstić information content (AvgIpc) is 2.97. The summed E-state index contributed by atoms with van der Waals surface area (Å²) in [6.45, 7) is 0.424. The Labute approximate surface area is 129 Å². The highest BCUT2D eigenvalue weighted by Gasteiger charge is 2.34. The van der Waals surface area contributed by atoms with Gasteiger partial charge in [0.25, 0.3) is 0 Å². The van der Waals surface area contributed by atoms with E-state index >= 15 is 0 Å². The molecule has 1 aromatic rings. The Kier molecular flexibility index (Phi) is 5.75. The van der Waals surface area contributed by atoms with E-state index in [2.05, 4.69) is 0 Å². The standard InChI is InChI=1S/C16H20N2O4/c1-21-15-9-13(11-19)18(10-15)16(20)8-12-3-2-4-14(7-12)22-6-5-17/h2-4,7,13,15,19H,6,8-11H2,1H3/t13-,15+/m0/s1. The van der Waals surface area contributed by atoms with Gasteiger partial charge < -0.3 is 19.5 Å². The quantitative estimate of drug-likeness (QED) is 0.838. The number of nitrogens with zero attached hydrogens (tertiary/aromatic N) is 2.